The van der Waals surface area contributed by atoms with Crippen molar-refractivity contribution in [3.8, 4) is 11.1 Å². The summed E-state index contributed by atoms with van der Waals surface area (Å²) in [6, 6.07) is 14.5. The number of methoxy groups -OCH3 is 1. The molecule has 2 aromatic carbocycles. The summed E-state index contributed by atoms with van der Waals surface area (Å²) in [6.45, 7) is 7.98. The van der Waals surface area contributed by atoms with E-state index >= 15 is 0 Å². The lowest BCUT2D eigenvalue weighted by Crippen LogP contribution is -2.44. The number of rotatable bonds is 15. The first-order chi connectivity index (χ1) is 21.3. The molecule has 4 atom stereocenters. The van der Waals surface area contributed by atoms with Crippen molar-refractivity contribution in [2.75, 3.05) is 26.9 Å². The van der Waals surface area contributed by atoms with Gasteiger partial charge in [0.2, 0.25) is 5.91 Å². The van der Waals surface area contributed by atoms with Gasteiger partial charge in [0.05, 0.1) is 24.4 Å². The molecule has 2 aliphatic rings. The predicted molar refractivity (Wildman–Crippen MR) is 167 cm³/mol. The summed E-state index contributed by atoms with van der Waals surface area (Å²) in [5, 5.41) is 25.6. The number of aliphatic hydroxyl groups excluding tert-OH is 1. The van der Waals surface area contributed by atoms with Crippen LogP contribution in [0.5, 0.6) is 0 Å². The van der Waals surface area contributed by atoms with E-state index in [2.05, 4.69) is 10.6 Å². The number of carboxylic acid groups (broad SMARTS) is 1. The third kappa shape index (κ3) is 9.03. The zero-order chi connectivity index (χ0) is 32.8. The van der Waals surface area contributed by atoms with Crippen LogP contribution in [-0.4, -0.2) is 84.7 Å². The largest absolute Gasteiger partial charge is 0.480 e. The summed E-state index contributed by atoms with van der Waals surface area (Å²) in [4.78, 5) is 37.1. The number of aliphatic carboxylic acids is 1. The SMILES string of the molecule is COC(C)(C)OCC[C@H]1CC(C)(C)O[C@@H]1[C@@H](O)CNC(=O)CC[C@H](NC(=O)OCC1c2ccccc2-c2ccccc21)C(=O)O. The van der Waals surface area contributed by atoms with Gasteiger partial charge in [0.25, 0.3) is 0 Å². The molecule has 246 valence electrons. The number of hydrogen-bond acceptors (Lipinski definition) is 8. The number of nitrogens with one attached hydrogen (secondary N) is 2. The van der Waals surface area contributed by atoms with Crippen LogP contribution in [0.4, 0.5) is 4.79 Å². The van der Waals surface area contributed by atoms with E-state index in [1.54, 1.807) is 7.11 Å². The average molecular weight is 627 g/mol. The minimum absolute atomic E-state index is 0.0114. The summed E-state index contributed by atoms with van der Waals surface area (Å²) in [7, 11) is 1.58. The molecule has 0 radical (unpaired) electrons. The van der Waals surface area contributed by atoms with Gasteiger partial charge >= 0.3 is 12.1 Å². The molecule has 0 aromatic heterocycles. The number of hydrogen-bond donors (Lipinski definition) is 4. The van der Waals surface area contributed by atoms with Gasteiger partial charge in [-0.25, -0.2) is 9.59 Å². The van der Waals surface area contributed by atoms with Gasteiger partial charge < -0.3 is 39.8 Å². The van der Waals surface area contributed by atoms with Crippen molar-refractivity contribution in [2.45, 2.75) is 88.9 Å². The van der Waals surface area contributed by atoms with E-state index in [4.69, 9.17) is 18.9 Å². The molecule has 0 unspecified atom stereocenters. The molecule has 0 saturated carbocycles. The summed E-state index contributed by atoms with van der Waals surface area (Å²) in [5.41, 5.74) is 3.82. The Morgan fingerprint density at radius 3 is 2.29 bits per heavy atom. The van der Waals surface area contributed by atoms with Crippen LogP contribution >= 0.6 is 0 Å². The molecule has 1 aliphatic heterocycles. The zero-order valence-corrected chi connectivity index (χ0v) is 26.7. The van der Waals surface area contributed by atoms with Gasteiger partial charge in [0, 0.05) is 26.0 Å². The molecular formula is C34H46N2O9. The van der Waals surface area contributed by atoms with E-state index in [1.807, 2.05) is 76.2 Å². The van der Waals surface area contributed by atoms with Gasteiger partial charge in [-0.1, -0.05) is 48.5 Å². The molecule has 1 saturated heterocycles. The fourth-order valence-electron chi connectivity index (χ4n) is 6.17. The van der Waals surface area contributed by atoms with E-state index < -0.39 is 47.6 Å². The Bertz CT molecular complexity index is 1300. The van der Waals surface area contributed by atoms with Gasteiger partial charge in [-0.3, -0.25) is 4.79 Å². The highest BCUT2D eigenvalue weighted by Gasteiger charge is 2.43. The molecule has 2 aromatic rings. The van der Waals surface area contributed by atoms with Crippen molar-refractivity contribution in [3.63, 3.8) is 0 Å². The van der Waals surface area contributed by atoms with E-state index in [9.17, 15) is 24.6 Å². The number of carboxylic acids is 1. The molecule has 45 heavy (non-hydrogen) atoms. The number of alkyl carbamates (subject to hydrolysis) is 1. The molecule has 4 rings (SSSR count). The van der Waals surface area contributed by atoms with Crippen molar-refractivity contribution in [1.82, 2.24) is 10.6 Å². The van der Waals surface area contributed by atoms with Crippen LogP contribution in [0.25, 0.3) is 11.1 Å². The van der Waals surface area contributed by atoms with Crippen LogP contribution in [0.15, 0.2) is 48.5 Å². The first kappa shape index (κ1) is 34.4. The first-order valence-corrected chi connectivity index (χ1v) is 15.5. The van der Waals surface area contributed by atoms with E-state index in [-0.39, 0.29) is 37.8 Å². The Hall–Kier alpha value is -3.51. The van der Waals surface area contributed by atoms with Crippen molar-refractivity contribution in [1.29, 1.82) is 0 Å². The first-order valence-electron chi connectivity index (χ1n) is 15.5. The van der Waals surface area contributed by atoms with Crippen LogP contribution in [0.3, 0.4) is 0 Å². The lowest BCUT2D eigenvalue weighted by Gasteiger charge is -2.27. The van der Waals surface area contributed by atoms with Gasteiger partial charge in [-0.15, -0.1) is 0 Å². The van der Waals surface area contributed by atoms with E-state index in [1.165, 1.54) is 0 Å². The second-order valence-electron chi connectivity index (χ2n) is 12.8. The van der Waals surface area contributed by atoms with Crippen LogP contribution in [-0.2, 0) is 28.5 Å². The topological polar surface area (TPSA) is 153 Å². The Balaban J connectivity index is 1.23. The Morgan fingerprint density at radius 1 is 1.07 bits per heavy atom. The normalized spacial score (nSPS) is 20.1. The standard InChI is InChI=1S/C34H46N2O9/c1-33(2)18-21(16-17-44-34(3,4)42-5)30(45-33)28(37)19-35-29(38)15-14-27(31(39)40)36-32(41)43-20-26-24-12-8-6-10-22(24)23-11-7-9-13-25(23)26/h6-13,21,26-28,30,37H,14-20H2,1-5H3,(H,35,38)(H,36,41)(H,39,40)/t21-,27-,28-,30-/m0/s1. The zero-order valence-electron chi connectivity index (χ0n) is 26.7. The molecule has 0 bridgehead atoms. The fraction of sp³-hybridized carbons (Fsp3) is 0.559. The molecule has 2 amide bonds. The molecule has 11 nitrogen and oxygen atoms in total. The quantitative estimate of drug-likeness (QED) is 0.213. The van der Waals surface area contributed by atoms with Crippen molar-refractivity contribution in [3.05, 3.63) is 59.7 Å². The van der Waals surface area contributed by atoms with Crippen molar-refractivity contribution in [2.24, 2.45) is 5.92 Å². The van der Waals surface area contributed by atoms with E-state index in [0.717, 1.165) is 28.7 Å². The maximum absolute atomic E-state index is 12.6. The highest BCUT2D eigenvalue weighted by Crippen LogP contribution is 2.44. The monoisotopic (exact) mass is 626 g/mol. The fourth-order valence-corrected chi connectivity index (χ4v) is 6.17. The second kappa shape index (κ2) is 14.7. The molecule has 4 N–H and O–H groups in total. The smallest absolute Gasteiger partial charge is 0.407 e. The van der Waals surface area contributed by atoms with Crippen LogP contribution < -0.4 is 10.6 Å². The Morgan fingerprint density at radius 2 is 1.69 bits per heavy atom. The Labute approximate surface area is 264 Å². The molecule has 1 aliphatic carbocycles. The number of fused-ring (bicyclic) bond motifs is 3. The van der Waals surface area contributed by atoms with E-state index in [0.29, 0.717) is 13.0 Å². The molecule has 0 spiro atoms. The lowest BCUT2D eigenvalue weighted by atomic mass is 9.89. The lowest BCUT2D eigenvalue weighted by molar-refractivity contribution is -0.199. The van der Waals surface area contributed by atoms with Crippen LogP contribution in [0.1, 0.15) is 70.4 Å². The number of carbonyl (C=O) groups excluding carboxylic acids is 2. The summed E-state index contributed by atoms with van der Waals surface area (Å²) < 4.78 is 22.7. The molecule has 1 fully saturated rings. The number of amides is 2. The van der Waals surface area contributed by atoms with Crippen molar-refractivity contribution < 1.29 is 43.5 Å². The minimum atomic E-state index is -1.32. The van der Waals surface area contributed by atoms with Gasteiger partial charge in [-0.05, 0) is 75.1 Å². The number of aliphatic hydroxyl groups is 1. The maximum Gasteiger partial charge on any atom is 0.407 e. The van der Waals surface area contributed by atoms with Crippen molar-refractivity contribution >= 4 is 18.0 Å². The highest BCUT2D eigenvalue weighted by atomic mass is 16.7. The Kier molecular flexibility index (Phi) is 11.2. The molecular weight excluding hydrogens is 580 g/mol. The van der Waals surface area contributed by atoms with Gasteiger partial charge in [0.1, 0.15) is 12.6 Å². The number of carbonyl (C=O) groups is 3. The third-order valence-corrected chi connectivity index (χ3v) is 8.58. The average Bonchev–Trinajstić information content (AvgIpc) is 3.49. The third-order valence-electron chi connectivity index (χ3n) is 8.58. The van der Waals surface area contributed by atoms with Crippen LogP contribution in [0.2, 0.25) is 0 Å². The van der Waals surface area contributed by atoms with Gasteiger partial charge in [-0.2, -0.15) is 0 Å². The summed E-state index contributed by atoms with van der Waals surface area (Å²) >= 11 is 0. The maximum atomic E-state index is 12.6. The number of benzene rings is 2. The summed E-state index contributed by atoms with van der Waals surface area (Å²) in [6.07, 6.45) is -1.29. The number of ether oxygens (including phenoxy) is 4. The van der Waals surface area contributed by atoms with Gasteiger partial charge in [0.15, 0.2) is 5.79 Å². The highest BCUT2D eigenvalue weighted by molar-refractivity contribution is 5.82. The van der Waals surface area contributed by atoms with Crippen LogP contribution in [0, 0.1) is 5.92 Å². The molecule has 11 heteroatoms. The second-order valence-corrected chi connectivity index (χ2v) is 12.8. The predicted octanol–water partition coefficient (Wildman–Crippen LogP) is 4.21. The minimum Gasteiger partial charge on any atom is -0.480 e. The molecule has 1 heterocycles. The summed E-state index contributed by atoms with van der Waals surface area (Å²) in [5.74, 6) is -2.60.